The van der Waals surface area contributed by atoms with Crippen molar-refractivity contribution >= 4 is 17.5 Å². The van der Waals surface area contributed by atoms with Crippen LogP contribution < -0.4 is 5.32 Å². The molecule has 0 aliphatic carbocycles. The van der Waals surface area contributed by atoms with Crippen molar-refractivity contribution in [2.24, 2.45) is 11.8 Å². The lowest BCUT2D eigenvalue weighted by atomic mass is 10.0. The fraction of sp³-hybridized carbons (Fsp3) is 0.462. The van der Waals surface area contributed by atoms with E-state index in [0.717, 1.165) is 26.2 Å². The van der Waals surface area contributed by atoms with Gasteiger partial charge >= 0.3 is 0 Å². The van der Waals surface area contributed by atoms with Gasteiger partial charge in [-0.1, -0.05) is 11.6 Å². The third-order valence-electron chi connectivity index (χ3n) is 3.84. The van der Waals surface area contributed by atoms with E-state index < -0.39 is 5.82 Å². The Hall–Kier alpha value is -1.13. The normalized spacial score (nSPS) is 26.4. The number of likely N-dealkylation sites (tertiary alicyclic amines) is 1. The Morgan fingerprint density at radius 2 is 2.00 bits per heavy atom. The van der Waals surface area contributed by atoms with E-state index in [9.17, 15) is 9.18 Å². The van der Waals surface area contributed by atoms with Gasteiger partial charge in [0.2, 0.25) is 0 Å². The molecule has 2 saturated heterocycles. The van der Waals surface area contributed by atoms with Crippen LogP contribution in [-0.2, 0) is 0 Å². The lowest BCUT2D eigenvalue weighted by Crippen LogP contribution is -2.32. The molecule has 1 aromatic carbocycles. The van der Waals surface area contributed by atoms with E-state index in [1.54, 1.807) is 11.0 Å². The highest BCUT2D eigenvalue weighted by Gasteiger charge is 2.38. The topological polar surface area (TPSA) is 32.3 Å². The minimum atomic E-state index is -0.539. The molecular weight excluding hydrogens is 255 g/mol. The minimum absolute atomic E-state index is 0.118. The van der Waals surface area contributed by atoms with Crippen molar-refractivity contribution in [3.63, 3.8) is 0 Å². The molecule has 1 N–H and O–H groups in total. The zero-order chi connectivity index (χ0) is 12.7. The molecule has 0 radical (unpaired) electrons. The Balaban J connectivity index is 1.79. The maximum atomic E-state index is 13.7. The number of hydrogen-bond donors (Lipinski definition) is 1. The molecule has 3 rings (SSSR count). The van der Waals surface area contributed by atoms with Gasteiger partial charge in [0.25, 0.3) is 5.91 Å². The van der Waals surface area contributed by atoms with Crippen LogP contribution in [0.4, 0.5) is 4.39 Å². The van der Waals surface area contributed by atoms with Crippen LogP contribution in [0.25, 0.3) is 0 Å². The van der Waals surface area contributed by atoms with Crippen molar-refractivity contribution in [1.82, 2.24) is 10.2 Å². The zero-order valence-electron chi connectivity index (χ0n) is 9.83. The summed E-state index contributed by atoms with van der Waals surface area (Å²) in [5.41, 5.74) is 0.118. The Labute approximate surface area is 110 Å². The molecule has 0 aromatic heterocycles. The highest BCUT2D eigenvalue weighted by atomic mass is 35.5. The predicted molar refractivity (Wildman–Crippen MR) is 67.2 cm³/mol. The van der Waals surface area contributed by atoms with E-state index in [0.29, 0.717) is 16.9 Å². The molecule has 3 nitrogen and oxygen atoms in total. The molecule has 0 unspecified atom stereocenters. The molecule has 2 heterocycles. The van der Waals surface area contributed by atoms with Gasteiger partial charge in [-0.3, -0.25) is 4.79 Å². The van der Waals surface area contributed by atoms with Gasteiger partial charge in [-0.25, -0.2) is 4.39 Å². The molecule has 1 amide bonds. The lowest BCUT2D eigenvalue weighted by molar-refractivity contribution is 0.0777. The first-order valence-corrected chi connectivity index (χ1v) is 6.48. The van der Waals surface area contributed by atoms with Gasteiger partial charge in [-0.05, 0) is 30.0 Å². The lowest BCUT2D eigenvalue weighted by Gasteiger charge is -2.17. The SMILES string of the molecule is O=C(c1ccc(Cl)cc1F)N1C[C@H]2CNC[C@H]2C1. The average Bonchev–Trinajstić information content (AvgIpc) is 2.87. The molecule has 96 valence electrons. The summed E-state index contributed by atoms with van der Waals surface area (Å²) in [6.07, 6.45) is 0. The summed E-state index contributed by atoms with van der Waals surface area (Å²) in [7, 11) is 0. The van der Waals surface area contributed by atoms with Gasteiger partial charge < -0.3 is 10.2 Å². The quantitative estimate of drug-likeness (QED) is 0.842. The molecule has 5 heteroatoms. The number of hydrogen-bond acceptors (Lipinski definition) is 2. The second-order valence-corrected chi connectivity index (χ2v) is 5.45. The first-order valence-electron chi connectivity index (χ1n) is 6.10. The summed E-state index contributed by atoms with van der Waals surface area (Å²) in [5, 5.41) is 3.62. The fourth-order valence-electron chi connectivity index (χ4n) is 2.85. The third kappa shape index (κ3) is 1.99. The van der Waals surface area contributed by atoms with Crippen LogP contribution in [0.5, 0.6) is 0 Å². The Bertz CT molecular complexity index is 482. The molecule has 0 saturated carbocycles. The molecule has 18 heavy (non-hydrogen) atoms. The van der Waals surface area contributed by atoms with E-state index >= 15 is 0 Å². The van der Waals surface area contributed by atoms with E-state index in [1.165, 1.54) is 12.1 Å². The maximum Gasteiger partial charge on any atom is 0.256 e. The van der Waals surface area contributed by atoms with E-state index in [1.807, 2.05) is 0 Å². The second kappa shape index (κ2) is 4.52. The summed E-state index contributed by atoms with van der Waals surface area (Å²) < 4.78 is 13.7. The predicted octanol–water partition coefficient (Wildman–Crippen LogP) is 1.77. The molecule has 1 aromatic rings. The fourth-order valence-corrected chi connectivity index (χ4v) is 3.01. The highest BCUT2D eigenvalue weighted by Crippen LogP contribution is 2.28. The van der Waals surface area contributed by atoms with Crippen LogP contribution in [0.15, 0.2) is 18.2 Å². The average molecular weight is 269 g/mol. The van der Waals surface area contributed by atoms with Crippen molar-refractivity contribution in [3.05, 3.63) is 34.6 Å². The van der Waals surface area contributed by atoms with E-state index in [4.69, 9.17) is 11.6 Å². The number of carbonyl (C=O) groups is 1. The maximum absolute atomic E-state index is 13.7. The number of amides is 1. The van der Waals surface area contributed by atoms with E-state index in [2.05, 4.69) is 5.32 Å². The number of nitrogens with zero attached hydrogens (tertiary/aromatic N) is 1. The largest absolute Gasteiger partial charge is 0.338 e. The Kier molecular flexibility index (Phi) is 2.99. The van der Waals surface area contributed by atoms with Gasteiger partial charge in [0, 0.05) is 31.2 Å². The standard InChI is InChI=1S/C13H14ClFN2O/c14-10-1-2-11(12(15)3-10)13(18)17-6-8-4-16-5-9(8)7-17/h1-3,8-9,16H,4-7H2/t8-,9+. The van der Waals surface area contributed by atoms with E-state index in [-0.39, 0.29) is 11.5 Å². The molecule has 2 fully saturated rings. The number of nitrogens with one attached hydrogen (secondary N) is 1. The van der Waals surface area contributed by atoms with Crippen molar-refractivity contribution in [2.75, 3.05) is 26.2 Å². The van der Waals surface area contributed by atoms with Gasteiger partial charge in [-0.15, -0.1) is 0 Å². The van der Waals surface area contributed by atoms with Gasteiger partial charge in [0.15, 0.2) is 0 Å². The molecule has 0 spiro atoms. The first kappa shape index (κ1) is 11.9. The van der Waals surface area contributed by atoms with Crippen LogP contribution in [0.2, 0.25) is 5.02 Å². The smallest absolute Gasteiger partial charge is 0.256 e. The Morgan fingerprint density at radius 3 is 2.61 bits per heavy atom. The summed E-state index contributed by atoms with van der Waals surface area (Å²) in [6, 6.07) is 4.20. The summed E-state index contributed by atoms with van der Waals surface area (Å²) >= 11 is 5.69. The van der Waals surface area contributed by atoms with Crippen LogP contribution in [-0.4, -0.2) is 37.0 Å². The molecule has 2 atom stereocenters. The van der Waals surface area contributed by atoms with Gasteiger partial charge in [-0.2, -0.15) is 0 Å². The van der Waals surface area contributed by atoms with Gasteiger partial charge in [0.1, 0.15) is 5.82 Å². The number of halogens is 2. The number of fused-ring (bicyclic) bond motifs is 1. The summed E-state index contributed by atoms with van der Waals surface area (Å²) in [5.74, 6) is 0.273. The first-order chi connectivity index (χ1) is 8.65. The molecular formula is C13H14ClFN2O. The zero-order valence-corrected chi connectivity index (χ0v) is 10.6. The van der Waals surface area contributed by atoms with Crippen molar-refractivity contribution in [1.29, 1.82) is 0 Å². The van der Waals surface area contributed by atoms with Crippen LogP contribution in [0.1, 0.15) is 10.4 Å². The number of benzene rings is 1. The van der Waals surface area contributed by atoms with Crippen LogP contribution in [0, 0.1) is 17.7 Å². The van der Waals surface area contributed by atoms with Crippen molar-refractivity contribution in [2.45, 2.75) is 0 Å². The molecule has 2 aliphatic heterocycles. The van der Waals surface area contributed by atoms with Crippen LogP contribution in [0.3, 0.4) is 0 Å². The highest BCUT2D eigenvalue weighted by molar-refractivity contribution is 6.30. The number of rotatable bonds is 1. The van der Waals surface area contributed by atoms with Gasteiger partial charge in [0.05, 0.1) is 5.56 Å². The second-order valence-electron chi connectivity index (χ2n) is 5.01. The van der Waals surface area contributed by atoms with Crippen molar-refractivity contribution < 1.29 is 9.18 Å². The van der Waals surface area contributed by atoms with Crippen molar-refractivity contribution in [3.8, 4) is 0 Å². The third-order valence-corrected chi connectivity index (χ3v) is 4.07. The minimum Gasteiger partial charge on any atom is -0.338 e. The molecule has 0 bridgehead atoms. The number of carbonyl (C=O) groups excluding carboxylic acids is 1. The summed E-state index contributed by atoms with van der Waals surface area (Å²) in [4.78, 5) is 14.0. The van der Waals surface area contributed by atoms with Crippen LogP contribution >= 0.6 is 11.6 Å². The Morgan fingerprint density at radius 1 is 1.33 bits per heavy atom. The summed E-state index contributed by atoms with van der Waals surface area (Å²) in [6.45, 7) is 3.35. The monoisotopic (exact) mass is 268 g/mol. The molecule has 2 aliphatic rings.